The predicted octanol–water partition coefficient (Wildman–Crippen LogP) is 2.10. The summed E-state index contributed by atoms with van der Waals surface area (Å²) in [5.41, 5.74) is -0.585. The first-order valence-corrected chi connectivity index (χ1v) is 10.3. The van der Waals surface area contributed by atoms with E-state index < -0.39 is 11.8 Å². The molecule has 8 nitrogen and oxygen atoms in total. The van der Waals surface area contributed by atoms with E-state index in [9.17, 15) is 14.4 Å². The maximum Gasteiger partial charge on any atom is 0.275 e. The molecule has 8 heteroatoms. The molecule has 2 aliphatic rings. The molecule has 2 aliphatic heterocycles. The molecule has 0 saturated carbocycles. The van der Waals surface area contributed by atoms with E-state index in [2.05, 4.69) is 10.4 Å². The molecule has 0 aliphatic carbocycles. The Morgan fingerprint density at radius 1 is 1.10 bits per heavy atom. The Kier molecular flexibility index (Phi) is 4.50. The second kappa shape index (κ2) is 7.23. The van der Waals surface area contributed by atoms with Crippen molar-refractivity contribution >= 4 is 22.6 Å². The van der Waals surface area contributed by atoms with Crippen LogP contribution in [0.4, 0.5) is 0 Å². The van der Waals surface area contributed by atoms with Gasteiger partial charge in [0.2, 0.25) is 5.91 Å². The zero-order chi connectivity index (χ0) is 21.6. The number of rotatable bonds is 2. The van der Waals surface area contributed by atoms with E-state index in [-0.39, 0.29) is 17.4 Å². The Balaban J connectivity index is 1.32. The van der Waals surface area contributed by atoms with Gasteiger partial charge in [-0.05, 0) is 25.1 Å². The molecule has 1 unspecified atom stereocenters. The van der Waals surface area contributed by atoms with Crippen molar-refractivity contribution in [3.63, 3.8) is 0 Å². The third-order valence-corrected chi connectivity index (χ3v) is 6.11. The number of carbonyl (C=O) groups is 2. The molecule has 1 spiro atoms. The van der Waals surface area contributed by atoms with Crippen LogP contribution >= 0.6 is 0 Å². The van der Waals surface area contributed by atoms with Gasteiger partial charge in [0.25, 0.3) is 11.5 Å². The minimum atomic E-state index is -0.816. The van der Waals surface area contributed by atoms with Crippen molar-refractivity contribution in [3.05, 3.63) is 70.6 Å². The number of piperidine rings is 1. The van der Waals surface area contributed by atoms with Crippen molar-refractivity contribution in [2.75, 3.05) is 13.1 Å². The average molecular weight is 418 g/mol. The fourth-order valence-corrected chi connectivity index (χ4v) is 4.32. The largest absolute Gasteiger partial charge is 0.467 e. The highest BCUT2D eigenvalue weighted by molar-refractivity contribution is 5.98. The normalized spacial score (nSPS) is 18.2. The molecule has 1 N–H and O–H groups in total. The molecule has 0 radical (unpaired) electrons. The number of benzene rings is 2. The maximum atomic E-state index is 13.1. The van der Waals surface area contributed by atoms with Crippen molar-refractivity contribution in [1.82, 2.24) is 20.0 Å². The van der Waals surface area contributed by atoms with Gasteiger partial charge < -0.3 is 15.0 Å². The maximum absolute atomic E-state index is 13.1. The summed E-state index contributed by atoms with van der Waals surface area (Å²) in [5.74, 6) is 0.218. The molecule has 5 rings (SSSR count). The van der Waals surface area contributed by atoms with Crippen LogP contribution < -0.4 is 15.6 Å². The summed E-state index contributed by atoms with van der Waals surface area (Å²) in [6.45, 7) is 2.51. The number of fused-ring (bicyclic) bond motifs is 2. The SMILES string of the molecule is CC(C(=O)N1CCC2(CC1)NC(=O)c1ccccc1O2)n1ncc2ccccc2c1=O. The summed E-state index contributed by atoms with van der Waals surface area (Å²) >= 11 is 0. The van der Waals surface area contributed by atoms with E-state index in [4.69, 9.17) is 4.74 Å². The quantitative estimate of drug-likeness (QED) is 0.688. The Labute approximate surface area is 178 Å². The van der Waals surface area contributed by atoms with Crippen LogP contribution in [0.15, 0.2) is 59.5 Å². The molecule has 3 heterocycles. The van der Waals surface area contributed by atoms with Crippen molar-refractivity contribution in [2.45, 2.75) is 31.5 Å². The van der Waals surface area contributed by atoms with E-state index in [0.29, 0.717) is 42.6 Å². The van der Waals surface area contributed by atoms with Crippen LogP contribution in [0, 0.1) is 0 Å². The fourth-order valence-electron chi connectivity index (χ4n) is 4.32. The van der Waals surface area contributed by atoms with Gasteiger partial charge in [0, 0.05) is 31.3 Å². The second-order valence-corrected chi connectivity index (χ2v) is 8.03. The zero-order valence-electron chi connectivity index (χ0n) is 17.1. The van der Waals surface area contributed by atoms with Crippen LogP contribution in [0.2, 0.25) is 0 Å². The lowest BCUT2D eigenvalue weighted by atomic mass is 9.96. The van der Waals surface area contributed by atoms with Gasteiger partial charge in [-0.1, -0.05) is 30.3 Å². The number of nitrogens with one attached hydrogen (secondary N) is 1. The van der Waals surface area contributed by atoms with E-state index in [1.165, 1.54) is 4.68 Å². The number of amides is 2. The number of para-hydroxylation sites is 1. The number of hydrogen-bond donors (Lipinski definition) is 1. The number of nitrogens with zero attached hydrogens (tertiary/aromatic N) is 3. The summed E-state index contributed by atoms with van der Waals surface area (Å²) in [4.78, 5) is 40.1. The lowest BCUT2D eigenvalue weighted by Crippen LogP contribution is -2.62. The van der Waals surface area contributed by atoms with Crippen molar-refractivity contribution in [1.29, 1.82) is 0 Å². The third-order valence-electron chi connectivity index (χ3n) is 6.11. The molecule has 1 atom stereocenters. The number of ether oxygens (including phenoxy) is 1. The summed E-state index contributed by atoms with van der Waals surface area (Å²) in [6.07, 6.45) is 2.53. The van der Waals surface area contributed by atoms with Crippen LogP contribution in [0.1, 0.15) is 36.2 Å². The highest BCUT2D eigenvalue weighted by Gasteiger charge is 2.43. The zero-order valence-corrected chi connectivity index (χ0v) is 17.1. The highest BCUT2D eigenvalue weighted by Crippen LogP contribution is 2.33. The smallest absolute Gasteiger partial charge is 0.275 e. The molecule has 2 amide bonds. The molecule has 1 saturated heterocycles. The van der Waals surface area contributed by atoms with Crippen LogP contribution in [-0.4, -0.2) is 45.3 Å². The number of hydrogen-bond acceptors (Lipinski definition) is 5. The molecular weight excluding hydrogens is 396 g/mol. The minimum absolute atomic E-state index is 0.165. The molecule has 1 aromatic heterocycles. The fraction of sp³-hybridized carbons (Fsp3) is 0.304. The summed E-state index contributed by atoms with van der Waals surface area (Å²) in [6, 6.07) is 13.6. The van der Waals surface area contributed by atoms with E-state index in [1.54, 1.807) is 48.4 Å². The molecule has 1 fully saturated rings. The molecule has 3 aromatic rings. The number of carbonyl (C=O) groups excluding carboxylic acids is 2. The van der Waals surface area contributed by atoms with Crippen LogP contribution in [0.25, 0.3) is 10.8 Å². The van der Waals surface area contributed by atoms with Crippen molar-refractivity contribution in [2.24, 2.45) is 0 Å². The minimum Gasteiger partial charge on any atom is -0.467 e. The van der Waals surface area contributed by atoms with E-state index >= 15 is 0 Å². The highest BCUT2D eigenvalue weighted by atomic mass is 16.5. The molecule has 2 aromatic carbocycles. The molecule has 0 bridgehead atoms. The summed E-state index contributed by atoms with van der Waals surface area (Å²) in [7, 11) is 0. The van der Waals surface area contributed by atoms with Gasteiger partial charge in [-0.25, -0.2) is 4.68 Å². The van der Waals surface area contributed by atoms with Gasteiger partial charge in [0.1, 0.15) is 11.8 Å². The van der Waals surface area contributed by atoms with Crippen molar-refractivity contribution in [3.8, 4) is 5.75 Å². The Bertz CT molecular complexity index is 1240. The molecule has 31 heavy (non-hydrogen) atoms. The lowest BCUT2D eigenvalue weighted by molar-refractivity contribution is -0.138. The van der Waals surface area contributed by atoms with Gasteiger partial charge >= 0.3 is 0 Å². The number of likely N-dealkylation sites (tertiary alicyclic amines) is 1. The molecular formula is C23H22N4O4. The second-order valence-electron chi connectivity index (χ2n) is 8.03. The van der Waals surface area contributed by atoms with Gasteiger partial charge in [-0.2, -0.15) is 5.10 Å². The topological polar surface area (TPSA) is 93.5 Å². The Hall–Kier alpha value is -3.68. The van der Waals surface area contributed by atoms with Crippen molar-refractivity contribution < 1.29 is 14.3 Å². The van der Waals surface area contributed by atoms with Crippen LogP contribution in [0.3, 0.4) is 0 Å². The number of aromatic nitrogens is 2. The Morgan fingerprint density at radius 3 is 2.61 bits per heavy atom. The van der Waals surface area contributed by atoms with Gasteiger partial charge in [0.15, 0.2) is 5.72 Å². The van der Waals surface area contributed by atoms with E-state index in [0.717, 1.165) is 5.39 Å². The van der Waals surface area contributed by atoms with Crippen LogP contribution in [0.5, 0.6) is 5.75 Å². The first kappa shape index (κ1) is 19.3. The lowest BCUT2D eigenvalue weighted by Gasteiger charge is -2.44. The van der Waals surface area contributed by atoms with Crippen LogP contribution in [-0.2, 0) is 4.79 Å². The third kappa shape index (κ3) is 3.24. The first-order chi connectivity index (χ1) is 15.0. The first-order valence-electron chi connectivity index (χ1n) is 10.3. The standard InChI is InChI=1S/C23H22N4O4/c1-15(27-22(30)17-7-3-2-6-16(17)14-24-27)21(29)26-12-10-23(11-13-26)25-20(28)18-8-4-5-9-19(18)31-23/h2-9,14-15H,10-13H2,1H3,(H,25,28). The summed E-state index contributed by atoms with van der Waals surface area (Å²) in [5, 5.41) is 8.46. The van der Waals surface area contributed by atoms with E-state index in [1.807, 2.05) is 18.2 Å². The van der Waals surface area contributed by atoms with Gasteiger partial charge in [-0.3, -0.25) is 14.4 Å². The predicted molar refractivity (Wildman–Crippen MR) is 114 cm³/mol. The monoisotopic (exact) mass is 418 g/mol. The molecule has 158 valence electrons. The van der Waals surface area contributed by atoms with Gasteiger partial charge in [0.05, 0.1) is 17.1 Å². The Morgan fingerprint density at radius 2 is 1.81 bits per heavy atom. The summed E-state index contributed by atoms with van der Waals surface area (Å²) < 4.78 is 7.37. The van der Waals surface area contributed by atoms with Gasteiger partial charge in [-0.15, -0.1) is 0 Å². The average Bonchev–Trinajstić information content (AvgIpc) is 2.79.